The van der Waals surface area contributed by atoms with Gasteiger partial charge in [0.1, 0.15) is 0 Å². The molecule has 0 aromatic heterocycles. The minimum Gasteiger partial charge on any atom is -0.342 e. The second-order valence-corrected chi connectivity index (χ2v) is 6.06. The lowest BCUT2D eigenvalue weighted by atomic mass is 9.94. The van der Waals surface area contributed by atoms with Crippen LogP contribution >= 0.6 is 0 Å². The number of nitrogens with zero attached hydrogens (tertiary/aromatic N) is 2. The fraction of sp³-hybridized carbons (Fsp3) is 0.211. The molecule has 7 heteroatoms. The summed E-state index contributed by atoms with van der Waals surface area (Å²) in [4.78, 5) is 35.3. The Hall–Kier alpha value is -3.53. The third-order valence-electron chi connectivity index (χ3n) is 3.85. The van der Waals surface area contributed by atoms with Crippen molar-refractivity contribution in [3.63, 3.8) is 0 Å². The minimum absolute atomic E-state index is 0.111. The van der Waals surface area contributed by atoms with E-state index in [9.17, 15) is 19.7 Å². The van der Waals surface area contributed by atoms with Crippen LogP contribution in [-0.2, 0) is 0 Å². The Kier molecular flexibility index (Phi) is 5.81. The summed E-state index contributed by atoms with van der Waals surface area (Å²) < 4.78 is 0. The molecule has 1 atom stereocenters. The molecule has 2 aromatic rings. The molecule has 0 radical (unpaired) electrons. The summed E-state index contributed by atoms with van der Waals surface area (Å²) in [5.41, 5.74) is 0.798. The van der Waals surface area contributed by atoms with Crippen molar-refractivity contribution in [3.8, 4) is 6.07 Å². The van der Waals surface area contributed by atoms with Crippen LogP contribution in [0.25, 0.3) is 0 Å². The zero-order valence-corrected chi connectivity index (χ0v) is 14.3. The fourth-order valence-corrected chi connectivity index (χ4v) is 2.42. The number of ketones is 1. The largest absolute Gasteiger partial charge is 0.342 e. The molecule has 26 heavy (non-hydrogen) atoms. The van der Waals surface area contributed by atoms with Gasteiger partial charge in [0.2, 0.25) is 0 Å². The summed E-state index contributed by atoms with van der Waals surface area (Å²) in [7, 11) is 0. The van der Waals surface area contributed by atoms with E-state index >= 15 is 0 Å². The van der Waals surface area contributed by atoms with E-state index in [1.807, 2.05) is 6.07 Å². The van der Waals surface area contributed by atoms with Gasteiger partial charge in [-0.25, -0.2) is 0 Å². The van der Waals surface area contributed by atoms with Crippen LogP contribution in [0, 0.1) is 27.4 Å². The van der Waals surface area contributed by atoms with E-state index in [0.717, 1.165) is 0 Å². The summed E-state index contributed by atoms with van der Waals surface area (Å²) in [5, 5.41) is 22.3. The first-order valence-electron chi connectivity index (χ1n) is 7.93. The molecule has 2 rings (SSSR count). The lowest BCUT2D eigenvalue weighted by Crippen LogP contribution is -2.44. The topological polar surface area (TPSA) is 113 Å². The van der Waals surface area contributed by atoms with Crippen LogP contribution in [0.4, 0.5) is 5.69 Å². The second-order valence-electron chi connectivity index (χ2n) is 6.06. The highest BCUT2D eigenvalue weighted by molar-refractivity contribution is 6.04. The Morgan fingerprint density at radius 1 is 1.12 bits per heavy atom. The molecule has 0 aliphatic rings. The summed E-state index contributed by atoms with van der Waals surface area (Å²) in [6.45, 7) is 3.58. The zero-order chi connectivity index (χ0) is 19.3. The first kappa shape index (κ1) is 18.8. The second kappa shape index (κ2) is 8.03. The predicted octanol–water partition coefficient (Wildman–Crippen LogP) is 3.10. The molecular weight excluding hydrogens is 334 g/mol. The van der Waals surface area contributed by atoms with Gasteiger partial charge in [0.15, 0.2) is 5.78 Å². The highest BCUT2D eigenvalue weighted by atomic mass is 16.6. The van der Waals surface area contributed by atoms with Crippen LogP contribution < -0.4 is 5.32 Å². The molecule has 0 spiro atoms. The van der Waals surface area contributed by atoms with Gasteiger partial charge in [0.25, 0.3) is 11.6 Å². The smallest absolute Gasteiger partial charge is 0.269 e. The number of carbonyl (C=O) groups excluding carboxylic acids is 2. The van der Waals surface area contributed by atoms with Gasteiger partial charge in [-0.15, -0.1) is 0 Å². The Morgan fingerprint density at radius 2 is 1.77 bits per heavy atom. The van der Waals surface area contributed by atoms with Crippen molar-refractivity contribution in [1.29, 1.82) is 5.26 Å². The van der Waals surface area contributed by atoms with Gasteiger partial charge < -0.3 is 5.32 Å². The Bertz CT molecular complexity index is 882. The molecule has 0 aliphatic heterocycles. The number of hydrogen-bond donors (Lipinski definition) is 1. The summed E-state index contributed by atoms with van der Waals surface area (Å²) in [5.74, 6) is -0.989. The van der Waals surface area contributed by atoms with Crippen molar-refractivity contribution in [2.45, 2.75) is 19.9 Å². The Morgan fingerprint density at radius 3 is 2.31 bits per heavy atom. The number of rotatable bonds is 6. The van der Waals surface area contributed by atoms with Crippen molar-refractivity contribution >= 4 is 17.4 Å². The van der Waals surface area contributed by atoms with Crippen LogP contribution in [0.1, 0.15) is 40.1 Å². The van der Waals surface area contributed by atoms with Gasteiger partial charge in [0.05, 0.1) is 22.6 Å². The fourth-order valence-electron chi connectivity index (χ4n) is 2.42. The highest BCUT2D eigenvalue weighted by Crippen LogP contribution is 2.16. The van der Waals surface area contributed by atoms with Crippen LogP contribution in [0.3, 0.4) is 0 Å². The van der Waals surface area contributed by atoms with Gasteiger partial charge in [-0.05, 0) is 36.2 Å². The molecule has 132 valence electrons. The molecule has 0 heterocycles. The molecule has 0 aliphatic carbocycles. The number of nitro groups is 1. The normalized spacial score (nSPS) is 11.5. The number of nitrogens with one attached hydrogen (secondary N) is 1. The maximum absolute atomic E-state index is 12.7. The van der Waals surface area contributed by atoms with Crippen molar-refractivity contribution in [1.82, 2.24) is 5.32 Å². The van der Waals surface area contributed by atoms with E-state index in [-0.39, 0.29) is 28.5 Å². The first-order valence-corrected chi connectivity index (χ1v) is 7.93. The number of non-ortho nitro benzene ring substituents is 1. The van der Waals surface area contributed by atoms with Crippen LogP contribution in [0.5, 0.6) is 0 Å². The quantitative estimate of drug-likeness (QED) is 0.488. The summed E-state index contributed by atoms with van der Waals surface area (Å²) in [6, 6.07) is 12.6. The molecule has 0 saturated heterocycles. The monoisotopic (exact) mass is 351 g/mol. The third-order valence-corrected chi connectivity index (χ3v) is 3.85. The van der Waals surface area contributed by atoms with Crippen LogP contribution in [0.2, 0.25) is 0 Å². The highest BCUT2D eigenvalue weighted by Gasteiger charge is 2.26. The van der Waals surface area contributed by atoms with E-state index in [4.69, 9.17) is 5.26 Å². The average molecular weight is 351 g/mol. The predicted molar refractivity (Wildman–Crippen MR) is 94.7 cm³/mol. The average Bonchev–Trinajstić information content (AvgIpc) is 2.65. The lowest BCUT2D eigenvalue weighted by Gasteiger charge is -2.21. The summed E-state index contributed by atoms with van der Waals surface area (Å²) in [6.07, 6.45) is 0. The van der Waals surface area contributed by atoms with Gasteiger partial charge in [-0.3, -0.25) is 19.7 Å². The maximum atomic E-state index is 12.7. The van der Waals surface area contributed by atoms with E-state index in [1.165, 1.54) is 30.3 Å². The number of nitriles is 1. The number of benzene rings is 2. The van der Waals surface area contributed by atoms with Gasteiger partial charge in [0, 0.05) is 23.3 Å². The number of carbonyl (C=O) groups is 2. The molecule has 1 N–H and O–H groups in total. The molecule has 2 aromatic carbocycles. The number of amides is 1. The molecule has 0 saturated carbocycles. The van der Waals surface area contributed by atoms with Gasteiger partial charge in [-0.1, -0.05) is 19.9 Å². The van der Waals surface area contributed by atoms with Crippen molar-refractivity contribution < 1.29 is 14.5 Å². The maximum Gasteiger partial charge on any atom is 0.269 e. The zero-order valence-electron chi connectivity index (χ0n) is 14.3. The molecular formula is C19H17N3O4. The van der Waals surface area contributed by atoms with Crippen molar-refractivity contribution in [2.24, 2.45) is 5.92 Å². The van der Waals surface area contributed by atoms with Crippen LogP contribution in [-0.4, -0.2) is 22.7 Å². The van der Waals surface area contributed by atoms with E-state index in [0.29, 0.717) is 5.56 Å². The van der Waals surface area contributed by atoms with E-state index < -0.39 is 16.9 Å². The Balaban J connectivity index is 2.22. The lowest BCUT2D eigenvalue weighted by molar-refractivity contribution is -0.384. The third kappa shape index (κ3) is 4.30. The van der Waals surface area contributed by atoms with E-state index in [2.05, 4.69) is 5.32 Å². The van der Waals surface area contributed by atoms with Gasteiger partial charge in [-0.2, -0.15) is 5.26 Å². The van der Waals surface area contributed by atoms with Crippen molar-refractivity contribution in [3.05, 3.63) is 75.3 Å². The first-order chi connectivity index (χ1) is 12.3. The summed E-state index contributed by atoms with van der Waals surface area (Å²) >= 11 is 0. The number of Topliss-reactive ketones (excluding diaryl/α,β-unsaturated/α-hetero) is 1. The molecule has 1 amide bonds. The molecule has 0 fully saturated rings. The Labute approximate surface area is 150 Å². The standard InChI is InChI=1S/C19H17N3O4/c1-12(2)17(18(23)14-6-8-16(9-7-14)22(25)26)21-19(24)15-5-3-4-13(10-15)11-20/h3-10,12,17H,1-2H3,(H,21,24). The molecule has 1 unspecified atom stereocenters. The molecule has 0 bridgehead atoms. The number of hydrogen-bond acceptors (Lipinski definition) is 5. The van der Waals surface area contributed by atoms with E-state index in [1.54, 1.807) is 32.0 Å². The molecule has 7 nitrogen and oxygen atoms in total. The number of nitro benzene ring substituents is 1. The SMILES string of the molecule is CC(C)C(NC(=O)c1cccc(C#N)c1)C(=O)c1ccc([N+](=O)[O-])cc1. The van der Waals surface area contributed by atoms with Gasteiger partial charge >= 0.3 is 0 Å². The van der Waals surface area contributed by atoms with Crippen molar-refractivity contribution in [2.75, 3.05) is 0 Å². The minimum atomic E-state index is -0.797. The van der Waals surface area contributed by atoms with Crippen LogP contribution in [0.15, 0.2) is 48.5 Å².